The lowest BCUT2D eigenvalue weighted by Gasteiger charge is -2.20. The van der Waals surface area contributed by atoms with Gasteiger partial charge in [0, 0.05) is 19.7 Å². The van der Waals surface area contributed by atoms with Gasteiger partial charge in [0.05, 0.1) is 0 Å². The van der Waals surface area contributed by atoms with Crippen molar-refractivity contribution in [3.63, 3.8) is 0 Å². The molecule has 1 aromatic rings. The summed E-state index contributed by atoms with van der Waals surface area (Å²) in [7, 11) is 2.02. The molecule has 14 heavy (non-hydrogen) atoms. The van der Waals surface area contributed by atoms with Gasteiger partial charge in [-0.1, -0.05) is 13.8 Å². The Morgan fingerprint density at radius 1 is 1.43 bits per heavy atom. The molecule has 4 heteroatoms. The second-order valence-corrected chi connectivity index (χ2v) is 3.97. The van der Waals surface area contributed by atoms with Crippen molar-refractivity contribution in [3.8, 4) is 0 Å². The summed E-state index contributed by atoms with van der Waals surface area (Å²) in [4.78, 5) is 10.5. The van der Waals surface area contributed by atoms with Gasteiger partial charge in [0.15, 0.2) is 0 Å². The zero-order valence-corrected chi connectivity index (χ0v) is 9.28. The predicted molar refractivity (Wildman–Crippen MR) is 59.3 cm³/mol. The Bertz CT molecular complexity index is 289. The molecule has 1 aromatic heterocycles. The molecule has 2 N–H and O–H groups in total. The van der Waals surface area contributed by atoms with Gasteiger partial charge in [-0.3, -0.25) is 0 Å². The Kier molecular flexibility index (Phi) is 3.28. The second-order valence-electron chi connectivity index (χ2n) is 3.97. The molecular formula is C10H18N4. The fourth-order valence-electron chi connectivity index (χ4n) is 1.41. The molecule has 0 aliphatic heterocycles. The third-order valence-electron chi connectivity index (χ3n) is 1.87. The number of rotatable bonds is 3. The minimum atomic E-state index is 0.531. The first-order valence-corrected chi connectivity index (χ1v) is 4.81. The molecule has 4 nitrogen and oxygen atoms in total. The average Bonchev–Trinajstić information content (AvgIpc) is 2.00. The van der Waals surface area contributed by atoms with Crippen LogP contribution in [0, 0.1) is 12.8 Å². The highest BCUT2D eigenvalue weighted by molar-refractivity contribution is 5.46. The first-order chi connectivity index (χ1) is 6.49. The standard InChI is InChI=1S/C10H18N4/c1-7(2)6-14(4)10-5-9(11)12-8(3)13-10/h5,7H,6H2,1-4H3,(H2,11,12,13). The van der Waals surface area contributed by atoms with Crippen LogP contribution in [-0.2, 0) is 0 Å². The van der Waals surface area contributed by atoms with Crippen LogP contribution in [0.5, 0.6) is 0 Å². The van der Waals surface area contributed by atoms with Crippen LogP contribution in [0.15, 0.2) is 6.07 Å². The average molecular weight is 194 g/mol. The zero-order valence-electron chi connectivity index (χ0n) is 9.28. The maximum Gasteiger partial charge on any atom is 0.134 e. The largest absolute Gasteiger partial charge is 0.384 e. The van der Waals surface area contributed by atoms with Crippen molar-refractivity contribution in [2.24, 2.45) is 5.92 Å². The number of anilines is 2. The molecule has 0 amide bonds. The van der Waals surface area contributed by atoms with Gasteiger partial charge < -0.3 is 10.6 Å². The van der Waals surface area contributed by atoms with E-state index in [0.29, 0.717) is 11.7 Å². The molecule has 0 fully saturated rings. The Labute approximate surface area is 85.2 Å². The summed E-state index contributed by atoms with van der Waals surface area (Å²) in [6.45, 7) is 7.17. The molecular weight excluding hydrogens is 176 g/mol. The highest BCUT2D eigenvalue weighted by Gasteiger charge is 2.06. The summed E-state index contributed by atoms with van der Waals surface area (Å²) in [6, 6.07) is 1.80. The zero-order chi connectivity index (χ0) is 10.7. The molecule has 0 saturated carbocycles. The number of nitrogen functional groups attached to an aromatic ring is 1. The smallest absolute Gasteiger partial charge is 0.134 e. The Balaban J connectivity index is 2.84. The predicted octanol–water partition coefficient (Wildman–Crippen LogP) is 1.46. The summed E-state index contributed by atoms with van der Waals surface area (Å²) < 4.78 is 0. The fraction of sp³-hybridized carbons (Fsp3) is 0.600. The van der Waals surface area contributed by atoms with Crippen LogP contribution in [0.4, 0.5) is 11.6 Å². The summed E-state index contributed by atoms with van der Waals surface area (Å²) in [5.74, 6) is 2.75. The van der Waals surface area contributed by atoms with Gasteiger partial charge in [-0.2, -0.15) is 0 Å². The van der Waals surface area contributed by atoms with Crippen molar-refractivity contribution in [1.29, 1.82) is 0 Å². The topological polar surface area (TPSA) is 55.0 Å². The van der Waals surface area contributed by atoms with Gasteiger partial charge >= 0.3 is 0 Å². The molecule has 1 rings (SSSR count). The third-order valence-corrected chi connectivity index (χ3v) is 1.87. The van der Waals surface area contributed by atoms with Crippen LogP contribution in [0.2, 0.25) is 0 Å². The lowest BCUT2D eigenvalue weighted by atomic mass is 10.2. The second kappa shape index (κ2) is 4.26. The fourth-order valence-corrected chi connectivity index (χ4v) is 1.41. The van der Waals surface area contributed by atoms with Gasteiger partial charge in [-0.05, 0) is 12.8 Å². The van der Waals surface area contributed by atoms with E-state index in [4.69, 9.17) is 5.73 Å². The van der Waals surface area contributed by atoms with Crippen LogP contribution < -0.4 is 10.6 Å². The Morgan fingerprint density at radius 2 is 2.07 bits per heavy atom. The Hall–Kier alpha value is -1.32. The minimum Gasteiger partial charge on any atom is -0.384 e. The van der Waals surface area contributed by atoms with E-state index < -0.39 is 0 Å². The molecule has 0 aliphatic rings. The van der Waals surface area contributed by atoms with E-state index in [1.54, 1.807) is 6.07 Å². The summed E-state index contributed by atoms with van der Waals surface area (Å²) >= 11 is 0. The molecule has 0 aliphatic carbocycles. The van der Waals surface area contributed by atoms with Gasteiger partial charge in [0.25, 0.3) is 0 Å². The maximum absolute atomic E-state index is 5.65. The van der Waals surface area contributed by atoms with Crippen molar-refractivity contribution in [2.45, 2.75) is 20.8 Å². The minimum absolute atomic E-state index is 0.531. The number of hydrogen-bond donors (Lipinski definition) is 1. The van der Waals surface area contributed by atoms with E-state index in [0.717, 1.165) is 18.2 Å². The van der Waals surface area contributed by atoms with Gasteiger partial charge in [-0.25, -0.2) is 9.97 Å². The van der Waals surface area contributed by atoms with Crippen molar-refractivity contribution < 1.29 is 0 Å². The molecule has 1 heterocycles. The lowest BCUT2D eigenvalue weighted by molar-refractivity contribution is 0.634. The van der Waals surface area contributed by atoms with E-state index >= 15 is 0 Å². The number of aromatic nitrogens is 2. The number of hydrogen-bond acceptors (Lipinski definition) is 4. The van der Waals surface area contributed by atoms with Crippen LogP contribution >= 0.6 is 0 Å². The monoisotopic (exact) mass is 194 g/mol. The van der Waals surface area contributed by atoms with Crippen LogP contribution in [0.3, 0.4) is 0 Å². The van der Waals surface area contributed by atoms with Crippen molar-refractivity contribution >= 4 is 11.6 Å². The van der Waals surface area contributed by atoms with Gasteiger partial charge in [-0.15, -0.1) is 0 Å². The van der Waals surface area contributed by atoms with E-state index in [1.165, 1.54) is 0 Å². The molecule has 0 aromatic carbocycles. The van der Waals surface area contributed by atoms with E-state index in [1.807, 2.05) is 14.0 Å². The van der Waals surface area contributed by atoms with Crippen LogP contribution in [0.1, 0.15) is 19.7 Å². The summed E-state index contributed by atoms with van der Waals surface area (Å²) in [5.41, 5.74) is 5.65. The van der Waals surface area contributed by atoms with E-state index in [2.05, 4.69) is 28.7 Å². The molecule has 0 bridgehead atoms. The van der Waals surface area contributed by atoms with E-state index in [9.17, 15) is 0 Å². The highest BCUT2D eigenvalue weighted by Crippen LogP contribution is 2.13. The number of nitrogens with two attached hydrogens (primary N) is 1. The number of aryl methyl sites for hydroxylation is 1. The molecule has 0 radical (unpaired) electrons. The van der Waals surface area contributed by atoms with Gasteiger partial charge in [0.2, 0.25) is 0 Å². The van der Waals surface area contributed by atoms with Crippen molar-refractivity contribution in [1.82, 2.24) is 9.97 Å². The van der Waals surface area contributed by atoms with Gasteiger partial charge in [0.1, 0.15) is 17.5 Å². The van der Waals surface area contributed by atoms with E-state index in [-0.39, 0.29) is 0 Å². The SMILES string of the molecule is Cc1nc(N)cc(N(C)CC(C)C)n1. The molecule has 0 saturated heterocycles. The quantitative estimate of drug-likeness (QED) is 0.791. The maximum atomic E-state index is 5.65. The Morgan fingerprint density at radius 3 is 2.57 bits per heavy atom. The number of nitrogens with zero attached hydrogens (tertiary/aromatic N) is 3. The van der Waals surface area contributed by atoms with Crippen molar-refractivity contribution in [3.05, 3.63) is 11.9 Å². The molecule has 0 unspecified atom stereocenters. The first kappa shape index (κ1) is 10.8. The molecule has 78 valence electrons. The lowest BCUT2D eigenvalue weighted by Crippen LogP contribution is -2.24. The van der Waals surface area contributed by atoms with Crippen LogP contribution in [0.25, 0.3) is 0 Å². The normalized spacial score (nSPS) is 10.6. The molecule has 0 atom stereocenters. The van der Waals surface area contributed by atoms with Crippen molar-refractivity contribution in [2.75, 3.05) is 24.2 Å². The first-order valence-electron chi connectivity index (χ1n) is 4.81. The highest BCUT2D eigenvalue weighted by atomic mass is 15.2. The third kappa shape index (κ3) is 2.87. The summed E-state index contributed by atoms with van der Waals surface area (Å²) in [5, 5.41) is 0. The van der Waals surface area contributed by atoms with Crippen LogP contribution in [-0.4, -0.2) is 23.6 Å². The summed E-state index contributed by atoms with van der Waals surface area (Å²) in [6.07, 6.45) is 0. The molecule has 0 spiro atoms.